The van der Waals surface area contributed by atoms with Crippen LogP contribution >= 0.6 is 11.6 Å². The third-order valence-corrected chi connectivity index (χ3v) is 3.37. The number of aromatic nitrogens is 2. The minimum absolute atomic E-state index is 0.0323. The highest BCUT2D eigenvalue weighted by molar-refractivity contribution is 6.29. The summed E-state index contributed by atoms with van der Waals surface area (Å²) in [5.41, 5.74) is 0. The number of anilines is 1. The van der Waals surface area contributed by atoms with Gasteiger partial charge in [0.15, 0.2) is 11.0 Å². The Hall–Kier alpha value is -1.80. The Kier molecular flexibility index (Phi) is 4.58. The Bertz CT molecular complexity index is 474. The van der Waals surface area contributed by atoms with Crippen molar-refractivity contribution in [3.8, 4) is 12.3 Å². The molecule has 1 fully saturated rings. The van der Waals surface area contributed by atoms with Crippen LogP contribution in [0.1, 0.15) is 12.8 Å². The third-order valence-electron chi connectivity index (χ3n) is 3.17. The van der Waals surface area contributed by atoms with E-state index < -0.39 is 0 Å². The SMILES string of the molecule is C#CCNC(=O)C1CCN(c2ccc(Cl)nn2)CC1. The maximum absolute atomic E-state index is 11.8. The smallest absolute Gasteiger partial charge is 0.223 e. The lowest BCUT2D eigenvalue weighted by molar-refractivity contribution is -0.125. The van der Waals surface area contributed by atoms with Crippen molar-refractivity contribution in [1.29, 1.82) is 0 Å². The van der Waals surface area contributed by atoms with Crippen LogP contribution in [0, 0.1) is 18.3 Å². The average molecular weight is 279 g/mol. The van der Waals surface area contributed by atoms with Crippen molar-refractivity contribution >= 4 is 23.3 Å². The van der Waals surface area contributed by atoms with Crippen LogP contribution in [0.15, 0.2) is 12.1 Å². The molecular formula is C13H15ClN4O. The third kappa shape index (κ3) is 3.58. The number of hydrogen-bond acceptors (Lipinski definition) is 4. The van der Waals surface area contributed by atoms with Crippen molar-refractivity contribution in [3.63, 3.8) is 0 Å². The quantitative estimate of drug-likeness (QED) is 0.841. The first kappa shape index (κ1) is 13.6. The summed E-state index contributed by atoms with van der Waals surface area (Å²) in [5, 5.41) is 11.0. The fourth-order valence-corrected chi connectivity index (χ4v) is 2.23. The number of terminal acetylenes is 1. The minimum atomic E-state index is 0.0323. The van der Waals surface area contributed by atoms with Crippen LogP contribution in [-0.4, -0.2) is 35.7 Å². The zero-order valence-electron chi connectivity index (χ0n) is 10.5. The lowest BCUT2D eigenvalue weighted by Crippen LogP contribution is -2.41. The number of nitrogens with one attached hydrogen (secondary N) is 1. The van der Waals surface area contributed by atoms with Gasteiger partial charge in [-0.05, 0) is 25.0 Å². The molecule has 0 unspecified atom stereocenters. The molecule has 0 atom stereocenters. The zero-order chi connectivity index (χ0) is 13.7. The van der Waals surface area contributed by atoms with E-state index in [2.05, 4.69) is 26.3 Å². The topological polar surface area (TPSA) is 58.1 Å². The summed E-state index contributed by atoms with van der Waals surface area (Å²) in [6.07, 6.45) is 6.70. The van der Waals surface area contributed by atoms with Crippen LogP contribution < -0.4 is 10.2 Å². The van der Waals surface area contributed by atoms with Crippen molar-refractivity contribution < 1.29 is 4.79 Å². The summed E-state index contributed by atoms with van der Waals surface area (Å²) in [6.45, 7) is 1.86. The Labute approximate surface area is 117 Å². The van der Waals surface area contributed by atoms with E-state index in [0.717, 1.165) is 31.7 Å². The molecule has 1 N–H and O–H groups in total. The Balaban J connectivity index is 1.87. The lowest BCUT2D eigenvalue weighted by Gasteiger charge is -2.31. The highest BCUT2D eigenvalue weighted by Gasteiger charge is 2.25. The maximum Gasteiger partial charge on any atom is 0.223 e. The van der Waals surface area contributed by atoms with Crippen molar-refractivity contribution in [3.05, 3.63) is 17.3 Å². The molecule has 0 saturated carbocycles. The zero-order valence-corrected chi connectivity index (χ0v) is 11.2. The summed E-state index contributed by atoms with van der Waals surface area (Å²) < 4.78 is 0. The maximum atomic E-state index is 11.8. The molecule has 0 spiro atoms. The molecule has 1 aliphatic heterocycles. The second-order valence-electron chi connectivity index (χ2n) is 4.40. The fourth-order valence-electron chi connectivity index (χ4n) is 2.13. The number of amides is 1. The van der Waals surface area contributed by atoms with Gasteiger partial charge in [0.2, 0.25) is 5.91 Å². The monoisotopic (exact) mass is 278 g/mol. The number of piperidine rings is 1. The first-order valence-corrected chi connectivity index (χ1v) is 6.54. The second kappa shape index (κ2) is 6.39. The van der Waals surface area contributed by atoms with E-state index in [9.17, 15) is 4.79 Å². The molecule has 19 heavy (non-hydrogen) atoms. The van der Waals surface area contributed by atoms with Crippen LogP contribution in [0.3, 0.4) is 0 Å². The number of nitrogens with zero attached hydrogens (tertiary/aromatic N) is 3. The van der Waals surface area contributed by atoms with E-state index in [1.54, 1.807) is 6.07 Å². The summed E-state index contributed by atoms with van der Waals surface area (Å²) in [4.78, 5) is 13.9. The molecule has 2 rings (SSSR count). The molecule has 0 aliphatic carbocycles. The van der Waals surface area contributed by atoms with Crippen LogP contribution in [0.2, 0.25) is 5.15 Å². The largest absolute Gasteiger partial charge is 0.355 e. The molecule has 100 valence electrons. The van der Waals surface area contributed by atoms with Gasteiger partial charge in [0.25, 0.3) is 0 Å². The van der Waals surface area contributed by atoms with E-state index in [4.69, 9.17) is 18.0 Å². The number of rotatable bonds is 3. The van der Waals surface area contributed by atoms with Crippen molar-refractivity contribution in [2.75, 3.05) is 24.5 Å². The summed E-state index contributed by atoms with van der Waals surface area (Å²) in [7, 11) is 0. The van der Waals surface area contributed by atoms with E-state index in [-0.39, 0.29) is 11.8 Å². The van der Waals surface area contributed by atoms with E-state index >= 15 is 0 Å². The molecule has 1 aromatic heterocycles. The molecule has 1 aliphatic rings. The first-order chi connectivity index (χ1) is 9.20. The molecule has 0 aromatic carbocycles. The van der Waals surface area contributed by atoms with Crippen molar-refractivity contribution in [2.24, 2.45) is 5.92 Å². The molecule has 1 aromatic rings. The van der Waals surface area contributed by atoms with Gasteiger partial charge in [-0.3, -0.25) is 4.79 Å². The van der Waals surface area contributed by atoms with Gasteiger partial charge < -0.3 is 10.2 Å². The molecule has 2 heterocycles. The molecule has 6 heteroatoms. The average Bonchev–Trinajstić information content (AvgIpc) is 2.46. The van der Waals surface area contributed by atoms with Crippen LogP contribution in [0.25, 0.3) is 0 Å². The molecular weight excluding hydrogens is 264 g/mol. The minimum Gasteiger partial charge on any atom is -0.355 e. The highest BCUT2D eigenvalue weighted by Crippen LogP contribution is 2.21. The standard InChI is InChI=1S/C13H15ClN4O/c1-2-7-15-13(19)10-5-8-18(9-6-10)12-4-3-11(14)16-17-12/h1,3-4,10H,5-9H2,(H,15,19). The number of halogens is 1. The predicted molar refractivity (Wildman–Crippen MR) is 73.8 cm³/mol. The predicted octanol–water partition coefficient (Wildman–Crippen LogP) is 1.10. The Morgan fingerprint density at radius 2 is 2.21 bits per heavy atom. The van der Waals surface area contributed by atoms with Gasteiger partial charge in [-0.25, -0.2) is 0 Å². The van der Waals surface area contributed by atoms with Crippen LogP contribution in [0.4, 0.5) is 5.82 Å². The number of carbonyl (C=O) groups excluding carboxylic acids is 1. The summed E-state index contributed by atoms with van der Waals surface area (Å²) >= 11 is 5.70. The molecule has 0 radical (unpaired) electrons. The lowest BCUT2D eigenvalue weighted by atomic mass is 9.96. The van der Waals surface area contributed by atoms with Gasteiger partial charge in [-0.15, -0.1) is 16.6 Å². The molecule has 5 nitrogen and oxygen atoms in total. The van der Waals surface area contributed by atoms with E-state index in [1.165, 1.54) is 0 Å². The van der Waals surface area contributed by atoms with Gasteiger partial charge in [-0.2, -0.15) is 0 Å². The van der Waals surface area contributed by atoms with E-state index in [0.29, 0.717) is 11.7 Å². The van der Waals surface area contributed by atoms with Gasteiger partial charge in [0, 0.05) is 19.0 Å². The highest BCUT2D eigenvalue weighted by atomic mass is 35.5. The Morgan fingerprint density at radius 1 is 1.47 bits per heavy atom. The van der Waals surface area contributed by atoms with E-state index in [1.807, 2.05) is 6.07 Å². The van der Waals surface area contributed by atoms with Gasteiger partial charge in [0.05, 0.1) is 6.54 Å². The number of hydrogen-bond donors (Lipinski definition) is 1. The second-order valence-corrected chi connectivity index (χ2v) is 4.78. The van der Waals surface area contributed by atoms with Gasteiger partial charge in [0.1, 0.15) is 0 Å². The first-order valence-electron chi connectivity index (χ1n) is 6.16. The van der Waals surface area contributed by atoms with Crippen molar-refractivity contribution in [2.45, 2.75) is 12.8 Å². The molecule has 1 saturated heterocycles. The number of carbonyl (C=O) groups is 1. The Morgan fingerprint density at radius 3 is 2.79 bits per heavy atom. The molecule has 1 amide bonds. The summed E-state index contributed by atoms with van der Waals surface area (Å²) in [5.74, 6) is 3.28. The van der Waals surface area contributed by atoms with Gasteiger partial charge in [-0.1, -0.05) is 17.5 Å². The van der Waals surface area contributed by atoms with Crippen molar-refractivity contribution in [1.82, 2.24) is 15.5 Å². The fraction of sp³-hybridized carbons (Fsp3) is 0.462. The van der Waals surface area contributed by atoms with Crippen LogP contribution in [-0.2, 0) is 4.79 Å². The normalized spacial score (nSPS) is 15.9. The van der Waals surface area contributed by atoms with Gasteiger partial charge >= 0.3 is 0 Å². The molecule has 0 bridgehead atoms. The summed E-state index contributed by atoms with van der Waals surface area (Å²) in [6, 6.07) is 3.56. The van der Waals surface area contributed by atoms with Crippen LogP contribution in [0.5, 0.6) is 0 Å².